The van der Waals surface area contributed by atoms with E-state index in [-0.39, 0.29) is 12.3 Å². The van der Waals surface area contributed by atoms with Gasteiger partial charge in [-0.15, -0.1) is 11.3 Å². The predicted octanol–water partition coefficient (Wildman–Crippen LogP) is 5.89. The summed E-state index contributed by atoms with van der Waals surface area (Å²) in [5.74, 6) is -0.0861. The van der Waals surface area contributed by atoms with Gasteiger partial charge in [0.05, 0.1) is 12.1 Å². The van der Waals surface area contributed by atoms with Gasteiger partial charge >= 0.3 is 0 Å². The largest absolute Gasteiger partial charge is 0.456 e. The van der Waals surface area contributed by atoms with Crippen molar-refractivity contribution in [3.63, 3.8) is 0 Å². The number of thiazole rings is 1. The van der Waals surface area contributed by atoms with Gasteiger partial charge in [-0.2, -0.15) is 0 Å². The number of rotatable bonds is 4. The summed E-state index contributed by atoms with van der Waals surface area (Å²) in [5.41, 5.74) is 4.25. The highest BCUT2D eigenvalue weighted by Gasteiger charge is 2.11. The molecule has 2 heterocycles. The number of carbonyl (C=O) groups excluding carboxylic acids is 1. The zero-order valence-corrected chi connectivity index (χ0v) is 15.7. The summed E-state index contributed by atoms with van der Waals surface area (Å²) in [6.07, 6.45) is 0.244. The van der Waals surface area contributed by atoms with Crippen LogP contribution in [-0.4, -0.2) is 10.9 Å². The zero-order chi connectivity index (χ0) is 18.9. The van der Waals surface area contributed by atoms with Gasteiger partial charge in [-0.1, -0.05) is 48.5 Å². The van der Waals surface area contributed by atoms with Gasteiger partial charge in [-0.05, 0) is 24.3 Å². The van der Waals surface area contributed by atoms with Crippen LogP contribution in [0, 0.1) is 0 Å². The molecular weight excluding hydrogens is 368 g/mol. The molecule has 0 fully saturated rings. The van der Waals surface area contributed by atoms with E-state index in [1.54, 1.807) is 11.3 Å². The fourth-order valence-electron chi connectivity index (χ4n) is 3.28. The Morgan fingerprint density at radius 3 is 2.61 bits per heavy atom. The molecule has 0 saturated heterocycles. The van der Waals surface area contributed by atoms with Crippen LogP contribution in [-0.2, 0) is 11.2 Å². The molecule has 0 unspecified atom stereocenters. The van der Waals surface area contributed by atoms with Crippen molar-refractivity contribution in [2.24, 2.45) is 0 Å². The second kappa shape index (κ2) is 6.94. The highest BCUT2D eigenvalue weighted by Crippen LogP contribution is 2.30. The average molecular weight is 384 g/mol. The number of hydrogen-bond acceptors (Lipinski definition) is 4. The maximum atomic E-state index is 12.5. The lowest BCUT2D eigenvalue weighted by atomic mass is 10.1. The first-order valence-corrected chi connectivity index (χ1v) is 9.85. The molecule has 136 valence electrons. The van der Waals surface area contributed by atoms with Crippen LogP contribution in [0.2, 0.25) is 0 Å². The van der Waals surface area contributed by atoms with Gasteiger partial charge in [0.2, 0.25) is 5.91 Å². The van der Waals surface area contributed by atoms with E-state index in [9.17, 15) is 4.79 Å². The molecule has 0 saturated carbocycles. The van der Waals surface area contributed by atoms with E-state index in [1.807, 2.05) is 78.2 Å². The molecule has 5 rings (SSSR count). The summed E-state index contributed by atoms with van der Waals surface area (Å²) >= 11 is 1.55. The Morgan fingerprint density at radius 2 is 1.71 bits per heavy atom. The zero-order valence-electron chi connectivity index (χ0n) is 14.9. The molecule has 28 heavy (non-hydrogen) atoms. The van der Waals surface area contributed by atoms with Gasteiger partial charge < -0.3 is 9.73 Å². The van der Waals surface area contributed by atoms with Crippen LogP contribution >= 0.6 is 11.3 Å². The molecule has 5 heteroatoms. The van der Waals surface area contributed by atoms with Gasteiger partial charge in [0.15, 0.2) is 0 Å². The van der Waals surface area contributed by atoms with Gasteiger partial charge in [0.25, 0.3) is 0 Å². The molecular formula is C23H16N2O2S. The standard InChI is InChI=1S/C23H16N2O2S/c26-22(13-17-14-28-23(25-17)15-6-2-1-3-7-15)24-16-10-11-21-19(12-16)18-8-4-5-9-20(18)27-21/h1-12,14H,13H2,(H,24,26). The van der Waals surface area contributed by atoms with Crippen molar-refractivity contribution < 1.29 is 9.21 Å². The molecule has 1 amide bonds. The van der Waals surface area contributed by atoms with E-state index >= 15 is 0 Å². The number of benzene rings is 3. The van der Waals surface area contributed by atoms with Crippen molar-refractivity contribution >= 4 is 44.9 Å². The topological polar surface area (TPSA) is 55.1 Å². The number of amides is 1. The number of para-hydroxylation sites is 1. The van der Waals surface area contributed by atoms with Gasteiger partial charge in [-0.3, -0.25) is 4.79 Å². The number of nitrogens with one attached hydrogen (secondary N) is 1. The lowest BCUT2D eigenvalue weighted by Crippen LogP contribution is -2.14. The number of anilines is 1. The summed E-state index contributed by atoms with van der Waals surface area (Å²) in [6, 6.07) is 23.6. The molecule has 4 nitrogen and oxygen atoms in total. The highest BCUT2D eigenvalue weighted by atomic mass is 32.1. The monoisotopic (exact) mass is 384 g/mol. The summed E-state index contributed by atoms with van der Waals surface area (Å²) in [5, 5.41) is 7.87. The first-order valence-electron chi connectivity index (χ1n) is 8.97. The first-order chi connectivity index (χ1) is 13.8. The number of furan rings is 1. The fraction of sp³-hybridized carbons (Fsp3) is 0.0435. The molecule has 0 aliphatic heterocycles. The number of aromatic nitrogens is 1. The summed E-state index contributed by atoms with van der Waals surface area (Å²) in [6.45, 7) is 0. The van der Waals surface area contributed by atoms with Crippen LogP contribution in [0.3, 0.4) is 0 Å². The van der Waals surface area contributed by atoms with Crippen molar-refractivity contribution in [2.75, 3.05) is 5.32 Å². The molecule has 0 radical (unpaired) electrons. The van der Waals surface area contributed by atoms with Crippen LogP contribution in [0.1, 0.15) is 5.69 Å². The minimum atomic E-state index is -0.0861. The number of fused-ring (bicyclic) bond motifs is 3. The van der Waals surface area contributed by atoms with E-state index < -0.39 is 0 Å². The number of carbonyl (C=O) groups is 1. The van der Waals surface area contributed by atoms with Gasteiger partial charge in [0, 0.05) is 27.4 Å². The fourth-order valence-corrected chi connectivity index (χ4v) is 4.10. The van der Waals surface area contributed by atoms with E-state index in [2.05, 4.69) is 10.3 Å². The Balaban J connectivity index is 1.34. The molecule has 0 aliphatic rings. The summed E-state index contributed by atoms with van der Waals surface area (Å²) in [7, 11) is 0. The van der Waals surface area contributed by atoms with E-state index in [0.717, 1.165) is 43.9 Å². The molecule has 1 N–H and O–H groups in total. The second-order valence-corrected chi connectivity index (χ2v) is 7.40. The third-order valence-corrected chi connectivity index (χ3v) is 5.51. The number of nitrogens with zero attached hydrogens (tertiary/aromatic N) is 1. The van der Waals surface area contributed by atoms with Crippen molar-refractivity contribution in [1.29, 1.82) is 0 Å². The smallest absolute Gasteiger partial charge is 0.230 e. The van der Waals surface area contributed by atoms with E-state index in [1.165, 1.54) is 0 Å². The molecule has 5 aromatic rings. The van der Waals surface area contributed by atoms with Crippen molar-refractivity contribution in [2.45, 2.75) is 6.42 Å². The molecule has 0 spiro atoms. The normalized spacial score (nSPS) is 11.1. The van der Waals surface area contributed by atoms with Crippen molar-refractivity contribution in [1.82, 2.24) is 4.98 Å². The molecule has 0 bridgehead atoms. The quantitative estimate of drug-likeness (QED) is 0.420. The maximum absolute atomic E-state index is 12.5. The van der Waals surface area contributed by atoms with Gasteiger partial charge in [-0.25, -0.2) is 4.98 Å². The molecule has 0 atom stereocenters. The Bertz CT molecular complexity index is 1290. The Kier molecular flexibility index (Phi) is 4.14. The van der Waals surface area contributed by atoms with Crippen LogP contribution in [0.4, 0.5) is 5.69 Å². The molecule has 2 aromatic heterocycles. The van der Waals surface area contributed by atoms with Crippen LogP contribution < -0.4 is 5.32 Å². The predicted molar refractivity (Wildman–Crippen MR) is 114 cm³/mol. The minimum absolute atomic E-state index is 0.0861. The van der Waals surface area contributed by atoms with Crippen LogP contribution in [0.15, 0.2) is 82.6 Å². The third-order valence-electron chi connectivity index (χ3n) is 4.57. The first kappa shape index (κ1) is 16.7. The SMILES string of the molecule is O=C(Cc1csc(-c2ccccc2)n1)Nc1ccc2oc3ccccc3c2c1. The lowest BCUT2D eigenvalue weighted by Gasteiger charge is -2.04. The second-order valence-electron chi connectivity index (χ2n) is 6.54. The third kappa shape index (κ3) is 3.17. The van der Waals surface area contributed by atoms with Crippen LogP contribution in [0.25, 0.3) is 32.5 Å². The van der Waals surface area contributed by atoms with Crippen LogP contribution in [0.5, 0.6) is 0 Å². The molecule has 3 aromatic carbocycles. The minimum Gasteiger partial charge on any atom is -0.456 e. The summed E-state index contributed by atoms with van der Waals surface area (Å²) < 4.78 is 5.83. The van der Waals surface area contributed by atoms with Gasteiger partial charge in [0.1, 0.15) is 16.2 Å². The van der Waals surface area contributed by atoms with E-state index in [0.29, 0.717) is 0 Å². The van der Waals surface area contributed by atoms with Crippen molar-refractivity contribution in [3.05, 3.63) is 83.9 Å². The van der Waals surface area contributed by atoms with Crippen molar-refractivity contribution in [3.8, 4) is 10.6 Å². The Hall–Kier alpha value is -3.44. The Morgan fingerprint density at radius 1 is 0.929 bits per heavy atom. The Labute approximate surface area is 165 Å². The number of hydrogen-bond donors (Lipinski definition) is 1. The molecule has 0 aliphatic carbocycles. The van der Waals surface area contributed by atoms with E-state index in [4.69, 9.17) is 4.42 Å². The maximum Gasteiger partial charge on any atom is 0.230 e. The highest BCUT2D eigenvalue weighted by molar-refractivity contribution is 7.13. The lowest BCUT2D eigenvalue weighted by molar-refractivity contribution is -0.115. The summed E-state index contributed by atoms with van der Waals surface area (Å²) in [4.78, 5) is 17.1. The average Bonchev–Trinajstić information content (AvgIpc) is 3.33.